The highest BCUT2D eigenvalue weighted by Crippen LogP contribution is 2.30. The first-order valence-corrected chi connectivity index (χ1v) is 3.69. The maximum absolute atomic E-state index is 12.3. The number of halogens is 2. The summed E-state index contributed by atoms with van der Waals surface area (Å²) in [6, 6.07) is 1.72. The van der Waals surface area contributed by atoms with Gasteiger partial charge in [-0.1, -0.05) is 0 Å². The highest BCUT2D eigenvalue weighted by Gasteiger charge is 2.18. The van der Waals surface area contributed by atoms with E-state index in [4.69, 9.17) is 11.0 Å². The first kappa shape index (κ1) is 10.2. The summed E-state index contributed by atoms with van der Waals surface area (Å²) in [5.74, 6) is -0.339. The molecule has 1 aromatic heterocycles. The quantitative estimate of drug-likeness (QED) is 0.753. The molecule has 0 fully saturated rings. The van der Waals surface area contributed by atoms with Gasteiger partial charge in [0, 0.05) is 5.56 Å². The summed E-state index contributed by atoms with van der Waals surface area (Å²) in [6.07, 6.45) is -2.17. The lowest BCUT2D eigenvalue weighted by Gasteiger charge is -2.08. The Morgan fingerprint density at radius 1 is 1.64 bits per heavy atom. The standard InChI is InChI=1S/C8H7F2N3O/c9-8(10)7-6(12)4(1-2-11)5(14)3-13-7/h3,8,14H,1,12H2. The lowest BCUT2D eigenvalue weighted by molar-refractivity contribution is 0.147. The molecule has 4 nitrogen and oxygen atoms in total. The van der Waals surface area contributed by atoms with Crippen molar-refractivity contribution in [3.63, 3.8) is 0 Å². The first-order valence-electron chi connectivity index (χ1n) is 3.69. The Morgan fingerprint density at radius 3 is 2.79 bits per heavy atom. The van der Waals surface area contributed by atoms with E-state index >= 15 is 0 Å². The van der Waals surface area contributed by atoms with Crippen LogP contribution in [0.1, 0.15) is 17.7 Å². The molecule has 3 N–H and O–H groups in total. The lowest BCUT2D eigenvalue weighted by Crippen LogP contribution is -2.03. The lowest BCUT2D eigenvalue weighted by atomic mass is 10.1. The number of pyridine rings is 1. The average Bonchev–Trinajstić information content (AvgIpc) is 2.11. The number of nitrogen functional groups attached to an aromatic ring is 1. The molecule has 6 heteroatoms. The highest BCUT2D eigenvalue weighted by molar-refractivity contribution is 5.57. The van der Waals surface area contributed by atoms with Crippen molar-refractivity contribution in [2.45, 2.75) is 12.8 Å². The van der Waals surface area contributed by atoms with Crippen LogP contribution in [0.5, 0.6) is 5.75 Å². The Morgan fingerprint density at radius 2 is 2.29 bits per heavy atom. The third-order valence-corrected chi connectivity index (χ3v) is 1.70. The molecule has 0 aliphatic heterocycles. The molecule has 74 valence electrons. The summed E-state index contributed by atoms with van der Waals surface area (Å²) in [4.78, 5) is 3.29. The number of nitrogens with zero attached hydrogens (tertiary/aromatic N) is 2. The van der Waals surface area contributed by atoms with E-state index < -0.39 is 12.1 Å². The average molecular weight is 199 g/mol. The summed E-state index contributed by atoms with van der Waals surface area (Å²) in [6.45, 7) is 0. The number of anilines is 1. The molecule has 0 radical (unpaired) electrons. The fraction of sp³-hybridized carbons (Fsp3) is 0.250. The van der Waals surface area contributed by atoms with Gasteiger partial charge in [-0.2, -0.15) is 5.26 Å². The van der Waals surface area contributed by atoms with Crippen LogP contribution in [0.15, 0.2) is 6.20 Å². The zero-order valence-electron chi connectivity index (χ0n) is 7.04. The Balaban J connectivity index is 3.27. The largest absolute Gasteiger partial charge is 0.506 e. The second-order valence-electron chi connectivity index (χ2n) is 2.56. The third-order valence-electron chi connectivity index (χ3n) is 1.70. The van der Waals surface area contributed by atoms with Gasteiger partial charge >= 0.3 is 0 Å². The SMILES string of the molecule is N#CCc1c(O)cnc(C(F)F)c1N. The second kappa shape index (κ2) is 3.87. The molecule has 0 aliphatic rings. The number of rotatable bonds is 2. The van der Waals surface area contributed by atoms with Crippen LogP contribution in [-0.4, -0.2) is 10.1 Å². The highest BCUT2D eigenvalue weighted by atomic mass is 19.3. The Kier molecular flexibility index (Phi) is 2.82. The van der Waals surface area contributed by atoms with Gasteiger partial charge in [0.1, 0.15) is 11.4 Å². The van der Waals surface area contributed by atoms with Gasteiger partial charge in [0.2, 0.25) is 0 Å². The summed E-state index contributed by atoms with van der Waals surface area (Å²) in [5, 5.41) is 17.6. The first-order chi connectivity index (χ1) is 6.57. The topological polar surface area (TPSA) is 82.9 Å². The fourth-order valence-electron chi connectivity index (χ4n) is 1.01. The number of hydrogen-bond acceptors (Lipinski definition) is 4. The van der Waals surface area contributed by atoms with Crippen molar-refractivity contribution in [2.75, 3.05) is 5.73 Å². The number of aromatic hydroxyl groups is 1. The van der Waals surface area contributed by atoms with E-state index in [1.807, 2.05) is 0 Å². The molecule has 0 amide bonds. The Hall–Kier alpha value is -1.90. The molecule has 0 atom stereocenters. The Labute approximate surface area is 78.6 Å². The van der Waals surface area contributed by atoms with Gasteiger partial charge in [-0.25, -0.2) is 13.8 Å². The van der Waals surface area contributed by atoms with Gasteiger partial charge in [0.05, 0.1) is 24.4 Å². The number of hydrogen-bond donors (Lipinski definition) is 2. The van der Waals surface area contributed by atoms with Crippen molar-refractivity contribution >= 4 is 5.69 Å². The number of alkyl halides is 2. The minimum atomic E-state index is -2.81. The van der Waals surface area contributed by atoms with E-state index in [2.05, 4.69) is 4.98 Å². The predicted molar refractivity (Wildman–Crippen MR) is 44.6 cm³/mol. The number of aromatic nitrogens is 1. The van der Waals surface area contributed by atoms with Gasteiger partial charge < -0.3 is 10.8 Å². The van der Waals surface area contributed by atoms with Gasteiger partial charge in [0.15, 0.2) is 0 Å². The van der Waals surface area contributed by atoms with Crippen molar-refractivity contribution in [1.29, 1.82) is 5.26 Å². The van der Waals surface area contributed by atoms with Crippen LogP contribution < -0.4 is 5.73 Å². The van der Waals surface area contributed by atoms with Crippen molar-refractivity contribution in [3.05, 3.63) is 17.5 Å². The summed E-state index contributed by atoms with van der Waals surface area (Å²) in [7, 11) is 0. The molecule has 0 unspecified atom stereocenters. The normalized spacial score (nSPS) is 10.1. The van der Waals surface area contributed by atoms with Gasteiger partial charge in [-0.15, -0.1) is 0 Å². The maximum Gasteiger partial charge on any atom is 0.282 e. The molecular weight excluding hydrogens is 192 g/mol. The van der Waals surface area contributed by atoms with Gasteiger partial charge in [-0.05, 0) is 0 Å². The molecule has 0 bridgehead atoms. The van der Waals surface area contributed by atoms with E-state index in [1.165, 1.54) is 0 Å². The molecule has 0 aliphatic carbocycles. The van der Waals surface area contributed by atoms with E-state index in [9.17, 15) is 13.9 Å². The van der Waals surface area contributed by atoms with E-state index in [0.717, 1.165) is 6.20 Å². The van der Waals surface area contributed by atoms with Crippen molar-refractivity contribution in [1.82, 2.24) is 4.98 Å². The zero-order valence-corrected chi connectivity index (χ0v) is 7.04. The van der Waals surface area contributed by atoms with Crippen LogP contribution in [0.2, 0.25) is 0 Å². The van der Waals surface area contributed by atoms with Crippen LogP contribution in [0.25, 0.3) is 0 Å². The van der Waals surface area contributed by atoms with Gasteiger partial charge in [0.25, 0.3) is 6.43 Å². The minimum Gasteiger partial charge on any atom is -0.506 e. The maximum atomic E-state index is 12.3. The van der Waals surface area contributed by atoms with E-state index in [0.29, 0.717) is 0 Å². The smallest absolute Gasteiger partial charge is 0.282 e. The zero-order chi connectivity index (χ0) is 10.7. The molecule has 1 rings (SSSR count). The summed E-state index contributed by atoms with van der Waals surface area (Å²) < 4.78 is 24.5. The van der Waals surface area contributed by atoms with Crippen LogP contribution in [0.3, 0.4) is 0 Å². The van der Waals surface area contributed by atoms with E-state index in [-0.39, 0.29) is 23.4 Å². The molecule has 14 heavy (non-hydrogen) atoms. The minimum absolute atomic E-state index is 0.00204. The van der Waals surface area contributed by atoms with Crippen LogP contribution in [-0.2, 0) is 6.42 Å². The molecule has 1 aromatic rings. The Bertz CT molecular complexity index is 387. The predicted octanol–water partition coefficient (Wildman–Crippen LogP) is 1.37. The second-order valence-corrected chi connectivity index (χ2v) is 2.56. The monoisotopic (exact) mass is 199 g/mol. The van der Waals surface area contributed by atoms with Gasteiger partial charge in [-0.3, -0.25) is 0 Å². The summed E-state index contributed by atoms with van der Waals surface area (Å²) in [5.41, 5.74) is 4.39. The van der Waals surface area contributed by atoms with E-state index in [1.54, 1.807) is 6.07 Å². The molecule has 0 saturated carbocycles. The number of nitrogens with two attached hydrogens (primary N) is 1. The molecule has 0 spiro atoms. The van der Waals surface area contributed by atoms with Crippen LogP contribution in [0.4, 0.5) is 14.5 Å². The number of nitriles is 1. The fourth-order valence-corrected chi connectivity index (χ4v) is 1.01. The molecule has 0 saturated heterocycles. The third kappa shape index (κ3) is 1.71. The van der Waals surface area contributed by atoms with Crippen LogP contribution in [0, 0.1) is 11.3 Å². The molecular formula is C8H7F2N3O. The molecule has 1 heterocycles. The van der Waals surface area contributed by atoms with Crippen molar-refractivity contribution < 1.29 is 13.9 Å². The molecule has 0 aromatic carbocycles. The van der Waals surface area contributed by atoms with Crippen molar-refractivity contribution in [2.24, 2.45) is 0 Å². The van der Waals surface area contributed by atoms with Crippen molar-refractivity contribution in [3.8, 4) is 11.8 Å². The summed E-state index contributed by atoms with van der Waals surface area (Å²) >= 11 is 0. The van der Waals surface area contributed by atoms with Crippen LogP contribution >= 0.6 is 0 Å².